The van der Waals surface area contributed by atoms with E-state index in [4.69, 9.17) is 4.74 Å². The Morgan fingerprint density at radius 2 is 1.58 bits per heavy atom. The molecule has 0 atom stereocenters. The molecule has 0 saturated heterocycles. The Hall–Kier alpha value is -2.43. The van der Waals surface area contributed by atoms with Crippen molar-refractivity contribution in [2.75, 3.05) is 0 Å². The van der Waals surface area contributed by atoms with Gasteiger partial charge in [0.2, 0.25) is 0 Å². The van der Waals surface area contributed by atoms with Gasteiger partial charge in [-0.05, 0) is 37.1 Å². The number of halogens is 1. The van der Waals surface area contributed by atoms with Crippen LogP contribution in [0, 0.1) is 29.8 Å². The quantitative estimate of drug-likeness (QED) is 0.616. The smallest absolute Gasteiger partial charge is 0.276 e. The van der Waals surface area contributed by atoms with E-state index in [1.807, 2.05) is 19.9 Å². The minimum absolute atomic E-state index is 0.108. The maximum Gasteiger partial charge on any atom is 0.276 e. The number of rotatable bonds is 3. The van der Waals surface area contributed by atoms with Gasteiger partial charge in [-0.2, -0.15) is 0 Å². The Morgan fingerprint density at radius 3 is 2.16 bits per heavy atom. The van der Waals surface area contributed by atoms with Crippen LogP contribution in [0.2, 0.25) is 0 Å². The van der Waals surface area contributed by atoms with Gasteiger partial charge in [0.15, 0.2) is 0 Å². The number of ether oxygens (including phenoxy) is 1. The summed E-state index contributed by atoms with van der Waals surface area (Å²) in [6.07, 6.45) is 0. The van der Waals surface area contributed by atoms with Gasteiger partial charge in [-0.15, -0.1) is 0 Å². The molecule has 0 aliphatic heterocycles. The zero-order chi connectivity index (χ0) is 14.0. The molecule has 0 bridgehead atoms. The van der Waals surface area contributed by atoms with Gasteiger partial charge in [-0.1, -0.05) is 6.07 Å². The highest BCUT2D eigenvalue weighted by Gasteiger charge is 2.11. The molecule has 0 spiro atoms. The molecular weight excluding hydrogens is 249 g/mol. The van der Waals surface area contributed by atoms with E-state index in [-0.39, 0.29) is 11.4 Å². The minimum Gasteiger partial charge on any atom is -0.457 e. The Morgan fingerprint density at radius 1 is 1.00 bits per heavy atom. The van der Waals surface area contributed by atoms with Gasteiger partial charge in [0.1, 0.15) is 17.3 Å². The van der Waals surface area contributed by atoms with E-state index in [9.17, 15) is 14.5 Å². The molecule has 5 heteroatoms. The highest BCUT2D eigenvalue weighted by atomic mass is 19.1. The van der Waals surface area contributed by atoms with Gasteiger partial charge < -0.3 is 4.74 Å². The lowest BCUT2D eigenvalue weighted by Gasteiger charge is -2.08. The molecule has 0 aliphatic carbocycles. The third-order valence-corrected chi connectivity index (χ3v) is 2.50. The van der Waals surface area contributed by atoms with Crippen LogP contribution in [-0.4, -0.2) is 4.92 Å². The highest BCUT2D eigenvalue weighted by molar-refractivity contribution is 5.42. The molecule has 2 aromatic carbocycles. The summed E-state index contributed by atoms with van der Waals surface area (Å²) in [5.74, 6) is -0.0670. The molecule has 0 fully saturated rings. The summed E-state index contributed by atoms with van der Waals surface area (Å²) in [7, 11) is 0. The van der Waals surface area contributed by atoms with Crippen molar-refractivity contribution in [3.8, 4) is 11.5 Å². The number of aryl methyl sites for hydroxylation is 2. The fourth-order valence-corrected chi connectivity index (χ4v) is 1.84. The summed E-state index contributed by atoms with van der Waals surface area (Å²) in [4.78, 5) is 9.99. The van der Waals surface area contributed by atoms with Crippen LogP contribution in [-0.2, 0) is 0 Å². The maximum atomic E-state index is 13.3. The third-order valence-electron chi connectivity index (χ3n) is 2.50. The lowest BCUT2D eigenvalue weighted by atomic mass is 10.1. The average molecular weight is 261 g/mol. The van der Waals surface area contributed by atoms with Crippen molar-refractivity contribution >= 4 is 5.69 Å². The highest BCUT2D eigenvalue weighted by Crippen LogP contribution is 2.27. The number of hydrogen-bond donors (Lipinski definition) is 0. The lowest BCUT2D eigenvalue weighted by Crippen LogP contribution is -1.92. The van der Waals surface area contributed by atoms with E-state index >= 15 is 0 Å². The Labute approximate surface area is 109 Å². The van der Waals surface area contributed by atoms with Crippen molar-refractivity contribution in [2.24, 2.45) is 0 Å². The molecule has 98 valence electrons. The molecule has 0 aromatic heterocycles. The van der Waals surface area contributed by atoms with E-state index in [0.717, 1.165) is 23.3 Å². The standard InChI is InChI=1S/C14H12FNO3/c1-9-3-10(2)5-13(4-9)19-14-7-11(15)6-12(8-14)16(17)18/h3-8H,1-2H3. The number of benzene rings is 2. The number of nitro groups is 1. The first-order valence-corrected chi connectivity index (χ1v) is 5.65. The summed E-state index contributed by atoms with van der Waals surface area (Å²) in [6, 6.07) is 8.70. The Balaban J connectivity index is 2.35. The molecule has 0 N–H and O–H groups in total. The second kappa shape index (κ2) is 5.06. The average Bonchev–Trinajstić information content (AvgIpc) is 2.26. The predicted octanol–water partition coefficient (Wildman–Crippen LogP) is 4.14. The van der Waals surface area contributed by atoms with E-state index in [1.165, 1.54) is 6.07 Å². The maximum absolute atomic E-state index is 13.3. The van der Waals surface area contributed by atoms with Gasteiger partial charge >= 0.3 is 0 Å². The van der Waals surface area contributed by atoms with Crippen molar-refractivity contribution in [1.29, 1.82) is 0 Å². The Kier molecular flexibility index (Phi) is 3.46. The van der Waals surface area contributed by atoms with E-state index in [0.29, 0.717) is 5.75 Å². The number of nitrogens with zero attached hydrogens (tertiary/aromatic N) is 1. The van der Waals surface area contributed by atoms with Crippen LogP contribution >= 0.6 is 0 Å². The van der Waals surface area contributed by atoms with Crippen LogP contribution in [0.3, 0.4) is 0 Å². The molecule has 0 unspecified atom stereocenters. The van der Waals surface area contributed by atoms with E-state index < -0.39 is 10.7 Å². The first-order chi connectivity index (χ1) is 8.94. The number of nitro benzene ring substituents is 1. The second-order valence-electron chi connectivity index (χ2n) is 4.33. The van der Waals surface area contributed by atoms with Crippen molar-refractivity contribution in [3.63, 3.8) is 0 Å². The fourth-order valence-electron chi connectivity index (χ4n) is 1.84. The van der Waals surface area contributed by atoms with Crippen molar-refractivity contribution in [2.45, 2.75) is 13.8 Å². The molecule has 0 saturated carbocycles. The topological polar surface area (TPSA) is 52.4 Å². The minimum atomic E-state index is -0.700. The molecule has 2 aromatic rings. The van der Waals surface area contributed by atoms with Gasteiger partial charge in [0.05, 0.1) is 17.1 Å². The van der Waals surface area contributed by atoms with Crippen molar-refractivity contribution in [3.05, 3.63) is 63.5 Å². The number of non-ortho nitro benzene ring substituents is 1. The molecule has 0 aliphatic rings. The monoisotopic (exact) mass is 261 g/mol. The zero-order valence-electron chi connectivity index (χ0n) is 10.5. The van der Waals surface area contributed by atoms with E-state index in [1.54, 1.807) is 12.1 Å². The summed E-state index contributed by atoms with van der Waals surface area (Å²) in [5.41, 5.74) is 1.67. The van der Waals surface area contributed by atoms with Crippen LogP contribution in [0.15, 0.2) is 36.4 Å². The summed E-state index contributed by atoms with van der Waals surface area (Å²) in [5, 5.41) is 10.6. The molecule has 0 amide bonds. The third kappa shape index (κ3) is 3.28. The molecule has 4 nitrogen and oxygen atoms in total. The van der Waals surface area contributed by atoms with Gasteiger partial charge in [0.25, 0.3) is 5.69 Å². The van der Waals surface area contributed by atoms with Crippen LogP contribution in [0.1, 0.15) is 11.1 Å². The van der Waals surface area contributed by atoms with Crippen molar-refractivity contribution < 1.29 is 14.1 Å². The van der Waals surface area contributed by atoms with Crippen LogP contribution in [0.5, 0.6) is 11.5 Å². The van der Waals surface area contributed by atoms with Crippen molar-refractivity contribution in [1.82, 2.24) is 0 Å². The summed E-state index contributed by atoms with van der Waals surface area (Å²) in [6.45, 7) is 3.82. The van der Waals surface area contributed by atoms with E-state index in [2.05, 4.69) is 0 Å². The second-order valence-corrected chi connectivity index (χ2v) is 4.33. The first-order valence-electron chi connectivity index (χ1n) is 5.65. The van der Waals surface area contributed by atoms with Gasteiger partial charge in [-0.25, -0.2) is 4.39 Å². The zero-order valence-corrected chi connectivity index (χ0v) is 10.5. The predicted molar refractivity (Wildman–Crippen MR) is 69.0 cm³/mol. The fraction of sp³-hybridized carbons (Fsp3) is 0.143. The van der Waals surface area contributed by atoms with Crippen LogP contribution in [0.25, 0.3) is 0 Å². The largest absolute Gasteiger partial charge is 0.457 e. The molecule has 0 heterocycles. The van der Waals surface area contributed by atoms with Gasteiger partial charge in [-0.3, -0.25) is 10.1 Å². The lowest BCUT2D eigenvalue weighted by molar-refractivity contribution is -0.385. The SMILES string of the molecule is Cc1cc(C)cc(Oc2cc(F)cc([N+](=O)[O-])c2)c1. The van der Waals surface area contributed by atoms with Crippen LogP contribution < -0.4 is 4.74 Å². The molecule has 19 heavy (non-hydrogen) atoms. The van der Waals surface area contributed by atoms with Gasteiger partial charge in [0, 0.05) is 6.07 Å². The molecule has 2 rings (SSSR count). The Bertz CT molecular complexity index is 620. The first kappa shape index (κ1) is 13.0. The van der Waals surface area contributed by atoms with Crippen LogP contribution in [0.4, 0.5) is 10.1 Å². The summed E-state index contributed by atoms with van der Waals surface area (Å²) < 4.78 is 18.7. The normalized spacial score (nSPS) is 10.3. The number of hydrogen-bond acceptors (Lipinski definition) is 3. The molecule has 0 radical (unpaired) electrons. The summed E-state index contributed by atoms with van der Waals surface area (Å²) >= 11 is 0. The molecular formula is C14H12FNO3.